The SMILES string of the molecule is NC1CCCC(Oc2ccncc2Br)C1. The molecule has 0 saturated heterocycles. The highest BCUT2D eigenvalue weighted by Gasteiger charge is 2.21. The summed E-state index contributed by atoms with van der Waals surface area (Å²) in [5.41, 5.74) is 5.91. The van der Waals surface area contributed by atoms with E-state index in [0.717, 1.165) is 35.9 Å². The van der Waals surface area contributed by atoms with Gasteiger partial charge in [-0.05, 0) is 47.7 Å². The van der Waals surface area contributed by atoms with Gasteiger partial charge in [0.05, 0.1) is 4.47 Å². The summed E-state index contributed by atoms with van der Waals surface area (Å²) in [7, 11) is 0. The van der Waals surface area contributed by atoms with Gasteiger partial charge in [0, 0.05) is 18.4 Å². The first-order chi connectivity index (χ1) is 7.25. The zero-order valence-electron chi connectivity index (χ0n) is 8.53. The minimum atomic E-state index is 0.257. The Kier molecular flexibility index (Phi) is 3.59. The van der Waals surface area contributed by atoms with Gasteiger partial charge >= 0.3 is 0 Å². The van der Waals surface area contributed by atoms with Gasteiger partial charge in [0.1, 0.15) is 11.9 Å². The van der Waals surface area contributed by atoms with Crippen molar-refractivity contribution in [2.24, 2.45) is 5.73 Å². The van der Waals surface area contributed by atoms with Crippen molar-refractivity contribution in [3.8, 4) is 5.75 Å². The van der Waals surface area contributed by atoms with Crippen LogP contribution in [0.3, 0.4) is 0 Å². The molecule has 15 heavy (non-hydrogen) atoms. The first kappa shape index (κ1) is 10.9. The molecule has 0 amide bonds. The smallest absolute Gasteiger partial charge is 0.136 e. The summed E-state index contributed by atoms with van der Waals surface area (Å²) in [5.74, 6) is 0.865. The Morgan fingerprint density at radius 2 is 2.33 bits per heavy atom. The fourth-order valence-corrected chi connectivity index (χ4v) is 2.27. The summed E-state index contributed by atoms with van der Waals surface area (Å²) in [6.07, 6.45) is 8.08. The lowest BCUT2D eigenvalue weighted by molar-refractivity contribution is 0.143. The molecule has 2 rings (SSSR count). The van der Waals surface area contributed by atoms with Crippen LogP contribution in [0.4, 0.5) is 0 Å². The van der Waals surface area contributed by atoms with Gasteiger partial charge in [-0.1, -0.05) is 0 Å². The highest BCUT2D eigenvalue weighted by atomic mass is 79.9. The first-order valence-electron chi connectivity index (χ1n) is 5.27. The summed E-state index contributed by atoms with van der Waals surface area (Å²) in [4.78, 5) is 4.00. The molecule has 82 valence electrons. The fraction of sp³-hybridized carbons (Fsp3) is 0.545. The minimum absolute atomic E-state index is 0.257. The molecule has 1 fully saturated rings. The van der Waals surface area contributed by atoms with Crippen molar-refractivity contribution in [3.63, 3.8) is 0 Å². The Balaban J connectivity index is 1.99. The molecule has 2 unspecified atom stereocenters. The second-order valence-corrected chi connectivity index (χ2v) is 4.83. The standard InChI is InChI=1S/C11H15BrN2O/c12-10-7-14-5-4-11(10)15-9-3-1-2-8(13)6-9/h4-5,7-9H,1-3,6,13H2. The van der Waals surface area contributed by atoms with Crippen molar-refractivity contribution in [1.29, 1.82) is 0 Å². The van der Waals surface area contributed by atoms with E-state index in [1.54, 1.807) is 12.4 Å². The van der Waals surface area contributed by atoms with Gasteiger partial charge in [0.2, 0.25) is 0 Å². The van der Waals surface area contributed by atoms with Crippen molar-refractivity contribution in [3.05, 3.63) is 22.9 Å². The lowest BCUT2D eigenvalue weighted by Gasteiger charge is -2.27. The Bertz CT molecular complexity index is 332. The number of ether oxygens (including phenoxy) is 1. The van der Waals surface area contributed by atoms with Gasteiger partial charge in [0.25, 0.3) is 0 Å². The summed E-state index contributed by atoms with van der Waals surface area (Å²) in [5, 5.41) is 0. The maximum Gasteiger partial charge on any atom is 0.136 e. The molecule has 0 aliphatic heterocycles. The summed E-state index contributed by atoms with van der Waals surface area (Å²) in [6.45, 7) is 0. The van der Waals surface area contributed by atoms with E-state index >= 15 is 0 Å². The number of rotatable bonds is 2. The van der Waals surface area contributed by atoms with Crippen LogP contribution in [0.25, 0.3) is 0 Å². The molecule has 1 aliphatic carbocycles. The van der Waals surface area contributed by atoms with Gasteiger partial charge in [-0.3, -0.25) is 4.98 Å². The van der Waals surface area contributed by atoms with E-state index in [4.69, 9.17) is 10.5 Å². The van der Waals surface area contributed by atoms with Crippen molar-refractivity contribution in [2.45, 2.75) is 37.8 Å². The van der Waals surface area contributed by atoms with Crippen molar-refractivity contribution < 1.29 is 4.74 Å². The third-order valence-electron chi connectivity index (χ3n) is 2.70. The van der Waals surface area contributed by atoms with Crippen LogP contribution >= 0.6 is 15.9 Å². The molecule has 2 N–H and O–H groups in total. The first-order valence-corrected chi connectivity index (χ1v) is 6.07. The molecule has 0 radical (unpaired) electrons. The monoisotopic (exact) mass is 270 g/mol. The Morgan fingerprint density at radius 1 is 1.47 bits per heavy atom. The van der Waals surface area contributed by atoms with Crippen molar-refractivity contribution in [1.82, 2.24) is 4.98 Å². The van der Waals surface area contributed by atoms with Crippen LogP contribution in [0.15, 0.2) is 22.9 Å². The number of halogens is 1. The van der Waals surface area contributed by atoms with E-state index in [0.29, 0.717) is 6.04 Å². The third kappa shape index (κ3) is 2.92. The zero-order valence-corrected chi connectivity index (χ0v) is 10.1. The van der Waals surface area contributed by atoms with E-state index in [2.05, 4.69) is 20.9 Å². The Morgan fingerprint density at radius 3 is 3.07 bits per heavy atom. The van der Waals surface area contributed by atoms with Gasteiger partial charge in [-0.2, -0.15) is 0 Å². The largest absolute Gasteiger partial charge is 0.489 e. The zero-order chi connectivity index (χ0) is 10.7. The predicted octanol–water partition coefficient (Wildman–Crippen LogP) is 2.49. The topological polar surface area (TPSA) is 48.1 Å². The van der Waals surface area contributed by atoms with Crippen molar-refractivity contribution >= 4 is 15.9 Å². The van der Waals surface area contributed by atoms with Gasteiger partial charge in [0.15, 0.2) is 0 Å². The molecule has 1 heterocycles. The van der Waals surface area contributed by atoms with Gasteiger partial charge in [-0.15, -0.1) is 0 Å². The second-order valence-electron chi connectivity index (χ2n) is 3.97. The number of nitrogens with two attached hydrogens (primary N) is 1. The van der Waals surface area contributed by atoms with Crippen molar-refractivity contribution in [2.75, 3.05) is 0 Å². The number of nitrogens with zero attached hydrogens (tertiary/aromatic N) is 1. The Hall–Kier alpha value is -0.610. The van der Waals surface area contributed by atoms with Crippen LogP contribution in [0.2, 0.25) is 0 Å². The predicted molar refractivity (Wildman–Crippen MR) is 62.8 cm³/mol. The van der Waals surface area contributed by atoms with Crippen LogP contribution < -0.4 is 10.5 Å². The number of hydrogen-bond acceptors (Lipinski definition) is 3. The molecule has 1 aromatic rings. The molecule has 0 bridgehead atoms. The van der Waals surface area contributed by atoms with E-state index in [1.807, 2.05) is 6.07 Å². The van der Waals surface area contributed by atoms with Crippen LogP contribution in [0.1, 0.15) is 25.7 Å². The minimum Gasteiger partial charge on any atom is -0.489 e. The summed E-state index contributed by atoms with van der Waals surface area (Å²) < 4.78 is 6.80. The number of pyridine rings is 1. The van der Waals surface area contributed by atoms with Crippen LogP contribution in [0.5, 0.6) is 5.75 Å². The molecular formula is C11H15BrN2O. The fourth-order valence-electron chi connectivity index (χ4n) is 1.93. The average Bonchev–Trinajstić information content (AvgIpc) is 2.22. The van der Waals surface area contributed by atoms with E-state index in [-0.39, 0.29) is 6.10 Å². The molecule has 2 atom stereocenters. The maximum atomic E-state index is 5.91. The van der Waals surface area contributed by atoms with Crippen LogP contribution in [-0.2, 0) is 0 Å². The second kappa shape index (κ2) is 4.94. The maximum absolute atomic E-state index is 5.91. The number of aromatic nitrogens is 1. The molecule has 1 aliphatic rings. The van der Waals surface area contributed by atoms with E-state index in [1.165, 1.54) is 0 Å². The lowest BCUT2D eigenvalue weighted by Crippen LogP contribution is -2.33. The van der Waals surface area contributed by atoms with E-state index in [9.17, 15) is 0 Å². The third-order valence-corrected chi connectivity index (χ3v) is 3.29. The molecular weight excluding hydrogens is 256 g/mol. The molecule has 1 aromatic heterocycles. The van der Waals surface area contributed by atoms with Gasteiger partial charge < -0.3 is 10.5 Å². The summed E-state index contributed by atoms with van der Waals surface area (Å²) in [6, 6.07) is 2.17. The number of hydrogen-bond donors (Lipinski definition) is 1. The van der Waals surface area contributed by atoms with E-state index < -0.39 is 0 Å². The quantitative estimate of drug-likeness (QED) is 0.899. The molecule has 3 nitrogen and oxygen atoms in total. The van der Waals surface area contributed by atoms with Crippen LogP contribution in [-0.4, -0.2) is 17.1 Å². The van der Waals surface area contributed by atoms with Crippen LogP contribution in [0, 0.1) is 0 Å². The highest BCUT2D eigenvalue weighted by molar-refractivity contribution is 9.10. The van der Waals surface area contributed by atoms with Gasteiger partial charge in [-0.25, -0.2) is 0 Å². The molecule has 0 spiro atoms. The molecule has 4 heteroatoms. The summed E-state index contributed by atoms with van der Waals surface area (Å²) >= 11 is 3.42. The highest BCUT2D eigenvalue weighted by Crippen LogP contribution is 2.27. The Labute approximate surface area is 98.2 Å². The molecule has 1 saturated carbocycles. The average molecular weight is 271 g/mol. The molecule has 0 aromatic carbocycles. The normalized spacial score (nSPS) is 26.3. The lowest BCUT2D eigenvalue weighted by atomic mass is 9.93.